The predicted octanol–water partition coefficient (Wildman–Crippen LogP) is 2.79. The lowest BCUT2D eigenvalue weighted by Crippen LogP contribution is -2.38. The van der Waals surface area contributed by atoms with Gasteiger partial charge in [0.2, 0.25) is 5.91 Å². The lowest BCUT2D eigenvalue weighted by atomic mass is 10.2. The number of ether oxygens (including phenoxy) is 2. The van der Waals surface area contributed by atoms with E-state index in [-0.39, 0.29) is 18.4 Å². The lowest BCUT2D eigenvalue weighted by Gasteiger charge is -2.18. The van der Waals surface area contributed by atoms with Crippen LogP contribution in [0.3, 0.4) is 0 Å². The second-order valence-electron chi connectivity index (χ2n) is 4.71. The van der Waals surface area contributed by atoms with E-state index in [9.17, 15) is 9.18 Å². The van der Waals surface area contributed by atoms with Crippen molar-refractivity contribution in [2.75, 3.05) is 40.0 Å². The highest BCUT2D eigenvalue weighted by Crippen LogP contribution is 2.03. The molecular weight excluding hydrogens is 299 g/mol. The maximum atomic E-state index is 13.7. The van der Waals surface area contributed by atoms with Gasteiger partial charge in [0.05, 0.1) is 32.5 Å². The average Bonchev–Trinajstić information content (AvgIpc) is 2.58. The van der Waals surface area contributed by atoms with Crippen LogP contribution in [0.15, 0.2) is 0 Å². The molecule has 0 aromatic carbocycles. The molecular formula is C17H39FN2O3. The van der Waals surface area contributed by atoms with Gasteiger partial charge in [-0.3, -0.25) is 4.79 Å². The Kier molecular flexibility index (Phi) is 25.1. The second kappa shape index (κ2) is 21.3. The average molecular weight is 339 g/mol. The summed E-state index contributed by atoms with van der Waals surface area (Å²) in [6, 6.07) is 0. The molecule has 0 aromatic rings. The Bertz CT molecular complexity index is 242. The van der Waals surface area contributed by atoms with Crippen molar-refractivity contribution >= 4 is 5.91 Å². The van der Waals surface area contributed by atoms with Gasteiger partial charge in [0, 0.05) is 12.5 Å². The number of halogens is 1. The summed E-state index contributed by atoms with van der Waals surface area (Å²) in [5, 5.41) is 5.50. The van der Waals surface area contributed by atoms with Gasteiger partial charge in [0.25, 0.3) is 0 Å². The molecule has 0 fully saturated rings. The maximum absolute atomic E-state index is 13.7. The molecule has 0 radical (unpaired) electrons. The molecule has 0 aliphatic carbocycles. The molecule has 0 aromatic heterocycles. The summed E-state index contributed by atoms with van der Waals surface area (Å²) >= 11 is 0. The van der Waals surface area contributed by atoms with Crippen LogP contribution in [0.1, 0.15) is 48.5 Å². The van der Waals surface area contributed by atoms with Gasteiger partial charge in [0.15, 0.2) is 0 Å². The van der Waals surface area contributed by atoms with Crippen LogP contribution in [0, 0.1) is 5.92 Å². The molecule has 0 heterocycles. The van der Waals surface area contributed by atoms with E-state index in [0.29, 0.717) is 19.8 Å². The SMILES string of the molecule is CC.CC.CNCCOCCOC(C)C(F)CNC(=O)C(C)C. The molecule has 1 amide bonds. The topological polar surface area (TPSA) is 59.6 Å². The third-order valence-electron chi connectivity index (χ3n) is 2.61. The van der Waals surface area contributed by atoms with Crippen molar-refractivity contribution < 1.29 is 18.7 Å². The molecule has 0 saturated carbocycles. The number of rotatable bonds is 11. The fourth-order valence-electron chi connectivity index (χ4n) is 1.24. The molecule has 0 spiro atoms. The largest absolute Gasteiger partial charge is 0.378 e. The van der Waals surface area contributed by atoms with Gasteiger partial charge >= 0.3 is 0 Å². The van der Waals surface area contributed by atoms with Crippen molar-refractivity contribution in [3.8, 4) is 0 Å². The first-order valence-electron chi connectivity index (χ1n) is 8.74. The fraction of sp³-hybridized carbons (Fsp3) is 0.941. The molecule has 0 bridgehead atoms. The van der Waals surface area contributed by atoms with E-state index in [0.717, 1.165) is 6.54 Å². The number of hydrogen-bond donors (Lipinski definition) is 2. The molecule has 0 rings (SSSR count). The van der Waals surface area contributed by atoms with Crippen LogP contribution in [-0.4, -0.2) is 58.1 Å². The summed E-state index contributed by atoms with van der Waals surface area (Å²) < 4.78 is 24.2. The molecule has 0 aliphatic heterocycles. The second-order valence-corrected chi connectivity index (χ2v) is 4.71. The molecule has 0 aliphatic rings. The fourth-order valence-corrected chi connectivity index (χ4v) is 1.24. The standard InChI is InChI=1S/C13H27FN2O3.2C2H6/c1-10(2)13(17)16-9-12(14)11(3)19-8-7-18-6-5-15-4;2*1-2/h10-12,15H,5-9H2,1-4H3,(H,16,17);2*1-2H3. The molecule has 142 valence electrons. The van der Waals surface area contributed by atoms with Crippen LogP contribution in [0.4, 0.5) is 4.39 Å². The van der Waals surface area contributed by atoms with Crippen LogP contribution in [0.5, 0.6) is 0 Å². The monoisotopic (exact) mass is 338 g/mol. The summed E-state index contributed by atoms with van der Waals surface area (Å²) in [4.78, 5) is 11.3. The third-order valence-corrected chi connectivity index (χ3v) is 2.61. The summed E-state index contributed by atoms with van der Waals surface area (Å²) in [6.45, 7) is 15.4. The first kappa shape index (κ1) is 27.1. The molecule has 2 atom stereocenters. The Morgan fingerprint density at radius 3 is 2.09 bits per heavy atom. The van der Waals surface area contributed by atoms with E-state index < -0.39 is 12.3 Å². The van der Waals surface area contributed by atoms with Gasteiger partial charge < -0.3 is 20.1 Å². The molecule has 23 heavy (non-hydrogen) atoms. The summed E-state index contributed by atoms with van der Waals surface area (Å²) in [6.07, 6.45) is -1.76. The van der Waals surface area contributed by atoms with Gasteiger partial charge in [-0.15, -0.1) is 0 Å². The van der Waals surface area contributed by atoms with E-state index in [1.54, 1.807) is 20.8 Å². The quantitative estimate of drug-likeness (QED) is 0.569. The van der Waals surface area contributed by atoms with Gasteiger partial charge in [-0.1, -0.05) is 41.5 Å². The molecule has 0 saturated heterocycles. The van der Waals surface area contributed by atoms with Crippen LogP contribution in [0.25, 0.3) is 0 Å². The summed E-state index contributed by atoms with van der Waals surface area (Å²) in [5.41, 5.74) is 0. The molecule has 6 heteroatoms. The minimum absolute atomic E-state index is 0.0151. The highest BCUT2D eigenvalue weighted by molar-refractivity contribution is 5.77. The molecule has 5 nitrogen and oxygen atoms in total. The Balaban J connectivity index is -0.000000919. The van der Waals surface area contributed by atoms with Gasteiger partial charge in [0.1, 0.15) is 6.17 Å². The van der Waals surface area contributed by atoms with Crippen LogP contribution in [-0.2, 0) is 14.3 Å². The third kappa shape index (κ3) is 19.2. The Labute approximate surface area is 142 Å². The zero-order chi connectivity index (χ0) is 18.7. The number of likely N-dealkylation sites (N-methyl/N-ethyl adjacent to an activating group) is 1. The van der Waals surface area contributed by atoms with E-state index in [1.807, 2.05) is 34.7 Å². The van der Waals surface area contributed by atoms with E-state index in [2.05, 4.69) is 10.6 Å². The number of carbonyl (C=O) groups excluding carboxylic acids is 1. The summed E-state index contributed by atoms with van der Waals surface area (Å²) in [7, 11) is 1.85. The smallest absolute Gasteiger partial charge is 0.222 e. The highest BCUT2D eigenvalue weighted by atomic mass is 19.1. The maximum Gasteiger partial charge on any atom is 0.222 e. The number of alkyl halides is 1. The first-order chi connectivity index (χ1) is 11.0. The minimum Gasteiger partial charge on any atom is -0.378 e. The first-order valence-corrected chi connectivity index (χ1v) is 8.74. The van der Waals surface area contributed by atoms with Crippen molar-refractivity contribution in [2.45, 2.75) is 60.7 Å². The Morgan fingerprint density at radius 1 is 1.04 bits per heavy atom. The molecule has 2 N–H and O–H groups in total. The summed E-state index contributed by atoms with van der Waals surface area (Å²) in [5.74, 6) is -0.283. The van der Waals surface area contributed by atoms with Crippen molar-refractivity contribution in [1.82, 2.24) is 10.6 Å². The van der Waals surface area contributed by atoms with Gasteiger partial charge in [-0.25, -0.2) is 4.39 Å². The minimum atomic E-state index is -1.21. The number of hydrogen-bond acceptors (Lipinski definition) is 4. The Hall–Kier alpha value is -0.720. The normalized spacial score (nSPS) is 12.4. The van der Waals surface area contributed by atoms with Gasteiger partial charge in [-0.05, 0) is 14.0 Å². The number of nitrogens with one attached hydrogen (secondary N) is 2. The van der Waals surface area contributed by atoms with Crippen molar-refractivity contribution in [3.05, 3.63) is 0 Å². The van der Waals surface area contributed by atoms with Crippen LogP contribution >= 0.6 is 0 Å². The van der Waals surface area contributed by atoms with Crippen LogP contribution in [0.2, 0.25) is 0 Å². The van der Waals surface area contributed by atoms with Crippen molar-refractivity contribution in [1.29, 1.82) is 0 Å². The highest BCUT2D eigenvalue weighted by Gasteiger charge is 2.18. The van der Waals surface area contributed by atoms with Gasteiger partial charge in [-0.2, -0.15) is 0 Å². The Morgan fingerprint density at radius 2 is 1.61 bits per heavy atom. The van der Waals surface area contributed by atoms with E-state index in [1.165, 1.54) is 0 Å². The lowest BCUT2D eigenvalue weighted by molar-refractivity contribution is -0.124. The number of carbonyl (C=O) groups is 1. The van der Waals surface area contributed by atoms with E-state index >= 15 is 0 Å². The number of amides is 1. The molecule has 2 unspecified atom stereocenters. The van der Waals surface area contributed by atoms with Crippen molar-refractivity contribution in [2.24, 2.45) is 5.92 Å². The van der Waals surface area contributed by atoms with Crippen molar-refractivity contribution in [3.63, 3.8) is 0 Å². The van der Waals surface area contributed by atoms with E-state index in [4.69, 9.17) is 9.47 Å². The predicted molar refractivity (Wildman–Crippen MR) is 95.6 cm³/mol. The zero-order valence-corrected chi connectivity index (χ0v) is 16.4. The van der Waals surface area contributed by atoms with Crippen LogP contribution < -0.4 is 10.6 Å². The zero-order valence-electron chi connectivity index (χ0n) is 16.4.